The second-order valence-electron chi connectivity index (χ2n) is 8.61. The standard InChI is InChI=1S/C29H31F4N3/c1-5-9-25(10-6-2)36-19-23(18-35-36)21(8-4)15-20(7-3)22-13-14-34-28(16-22)26-17-24(29(31,32)33)11-12-27(26)30/h7-8,11-19,25H,4-6,9-10H2,1-3H3/b20-7+,21-15+. The molecule has 3 aromatic rings. The van der Waals surface area contributed by atoms with E-state index in [0.29, 0.717) is 11.6 Å². The summed E-state index contributed by atoms with van der Waals surface area (Å²) in [7, 11) is 0. The van der Waals surface area contributed by atoms with Crippen molar-refractivity contribution in [2.45, 2.75) is 58.7 Å². The van der Waals surface area contributed by atoms with Gasteiger partial charge in [0.15, 0.2) is 0 Å². The van der Waals surface area contributed by atoms with Crippen molar-refractivity contribution in [3.8, 4) is 11.3 Å². The van der Waals surface area contributed by atoms with Crippen LogP contribution in [0.3, 0.4) is 0 Å². The molecule has 0 bridgehead atoms. The van der Waals surface area contributed by atoms with E-state index in [0.717, 1.165) is 60.6 Å². The van der Waals surface area contributed by atoms with E-state index in [1.165, 1.54) is 6.20 Å². The minimum absolute atomic E-state index is 0.124. The molecule has 0 atom stereocenters. The van der Waals surface area contributed by atoms with Crippen LogP contribution in [0.15, 0.2) is 73.7 Å². The van der Waals surface area contributed by atoms with E-state index in [-0.39, 0.29) is 11.3 Å². The molecule has 3 nitrogen and oxygen atoms in total. The van der Waals surface area contributed by atoms with E-state index in [4.69, 9.17) is 0 Å². The Kier molecular flexibility index (Phi) is 9.02. The highest BCUT2D eigenvalue weighted by Crippen LogP contribution is 2.34. The lowest BCUT2D eigenvalue weighted by molar-refractivity contribution is -0.137. The summed E-state index contributed by atoms with van der Waals surface area (Å²) >= 11 is 0. The van der Waals surface area contributed by atoms with Crippen molar-refractivity contribution in [3.63, 3.8) is 0 Å². The van der Waals surface area contributed by atoms with Gasteiger partial charge in [0.2, 0.25) is 0 Å². The number of hydrogen-bond acceptors (Lipinski definition) is 2. The molecule has 2 heterocycles. The zero-order chi connectivity index (χ0) is 26.3. The third kappa shape index (κ3) is 6.39. The fourth-order valence-electron chi connectivity index (χ4n) is 4.18. The van der Waals surface area contributed by atoms with Crippen LogP contribution in [0.4, 0.5) is 17.6 Å². The van der Waals surface area contributed by atoms with Gasteiger partial charge in [0.25, 0.3) is 0 Å². The fourth-order valence-corrected chi connectivity index (χ4v) is 4.18. The molecule has 0 saturated heterocycles. The fraction of sp³-hybridized carbons (Fsp3) is 0.310. The molecule has 2 aromatic heterocycles. The summed E-state index contributed by atoms with van der Waals surface area (Å²) < 4.78 is 56.0. The van der Waals surface area contributed by atoms with E-state index in [1.54, 1.807) is 18.2 Å². The molecule has 3 rings (SSSR count). The SMILES string of the molecule is C=C/C(=C\C(=C/C)c1ccnc(-c2cc(C(F)(F)F)ccc2F)c1)c1cnn(C(CCC)CCC)c1. The molecule has 0 fully saturated rings. The second kappa shape index (κ2) is 12.0. The largest absolute Gasteiger partial charge is 0.416 e. The third-order valence-electron chi connectivity index (χ3n) is 6.06. The first-order valence-corrected chi connectivity index (χ1v) is 12.1. The molecule has 0 saturated carbocycles. The van der Waals surface area contributed by atoms with Crippen molar-refractivity contribution in [2.24, 2.45) is 0 Å². The van der Waals surface area contributed by atoms with Crippen molar-refractivity contribution in [3.05, 3.63) is 96.2 Å². The first-order valence-electron chi connectivity index (χ1n) is 12.1. The molecule has 7 heteroatoms. The Balaban J connectivity index is 1.97. The van der Waals surface area contributed by atoms with E-state index in [1.807, 2.05) is 36.2 Å². The Hall–Kier alpha value is -3.48. The first kappa shape index (κ1) is 27.1. The monoisotopic (exact) mass is 497 g/mol. The Morgan fingerprint density at radius 3 is 2.39 bits per heavy atom. The molecular formula is C29H31F4N3. The summed E-state index contributed by atoms with van der Waals surface area (Å²) in [4.78, 5) is 4.14. The number of rotatable bonds is 10. The summed E-state index contributed by atoms with van der Waals surface area (Å²) in [5, 5.41) is 4.59. The van der Waals surface area contributed by atoms with Gasteiger partial charge in [-0.25, -0.2) is 4.39 Å². The maximum absolute atomic E-state index is 14.5. The summed E-state index contributed by atoms with van der Waals surface area (Å²) in [5.41, 5.74) is 2.26. The molecule has 0 aliphatic carbocycles. The number of aromatic nitrogens is 3. The Labute approximate surface area is 209 Å². The van der Waals surface area contributed by atoms with Crippen molar-refractivity contribution in [1.82, 2.24) is 14.8 Å². The predicted octanol–water partition coefficient (Wildman–Crippen LogP) is 8.92. The molecule has 36 heavy (non-hydrogen) atoms. The molecule has 0 amide bonds. The average Bonchev–Trinajstić information content (AvgIpc) is 3.34. The molecule has 190 valence electrons. The van der Waals surface area contributed by atoms with Crippen molar-refractivity contribution in [2.75, 3.05) is 0 Å². The van der Waals surface area contributed by atoms with Crippen molar-refractivity contribution >= 4 is 11.1 Å². The molecule has 0 spiro atoms. The average molecular weight is 498 g/mol. The van der Waals surface area contributed by atoms with Gasteiger partial charge >= 0.3 is 6.18 Å². The maximum Gasteiger partial charge on any atom is 0.416 e. The minimum atomic E-state index is -4.58. The summed E-state index contributed by atoms with van der Waals surface area (Å²) in [6, 6.07) is 6.01. The Morgan fingerprint density at radius 1 is 1.06 bits per heavy atom. The van der Waals surface area contributed by atoms with E-state index >= 15 is 0 Å². The van der Waals surface area contributed by atoms with Crippen LogP contribution in [0, 0.1) is 5.82 Å². The lowest BCUT2D eigenvalue weighted by atomic mass is 9.98. The van der Waals surface area contributed by atoms with E-state index < -0.39 is 17.6 Å². The predicted molar refractivity (Wildman–Crippen MR) is 138 cm³/mol. The summed E-state index contributed by atoms with van der Waals surface area (Å²) in [5.74, 6) is -0.766. The molecular weight excluding hydrogens is 466 g/mol. The molecule has 0 aliphatic heterocycles. The van der Waals surface area contributed by atoms with Crippen LogP contribution < -0.4 is 0 Å². The molecule has 0 radical (unpaired) electrons. The zero-order valence-corrected chi connectivity index (χ0v) is 20.8. The molecule has 0 N–H and O–H groups in total. The van der Waals surface area contributed by atoms with Gasteiger partial charge in [-0.15, -0.1) is 0 Å². The highest BCUT2D eigenvalue weighted by molar-refractivity contribution is 5.87. The highest BCUT2D eigenvalue weighted by Gasteiger charge is 2.31. The highest BCUT2D eigenvalue weighted by atomic mass is 19.4. The quantitative estimate of drug-likeness (QED) is 0.207. The second-order valence-corrected chi connectivity index (χ2v) is 8.61. The van der Waals surface area contributed by atoms with Gasteiger partial charge in [-0.05, 0) is 72.9 Å². The number of hydrogen-bond donors (Lipinski definition) is 0. The Morgan fingerprint density at radius 2 is 1.78 bits per heavy atom. The van der Waals surface area contributed by atoms with Gasteiger partial charge in [0.05, 0.1) is 23.5 Å². The van der Waals surface area contributed by atoms with Crippen LogP contribution in [-0.2, 0) is 6.18 Å². The number of nitrogens with zero attached hydrogens (tertiary/aromatic N) is 3. The van der Waals surface area contributed by atoms with Gasteiger partial charge in [-0.2, -0.15) is 18.3 Å². The van der Waals surface area contributed by atoms with Crippen molar-refractivity contribution in [1.29, 1.82) is 0 Å². The maximum atomic E-state index is 14.5. The van der Waals surface area contributed by atoms with Crippen LogP contribution in [-0.4, -0.2) is 14.8 Å². The third-order valence-corrected chi connectivity index (χ3v) is 6.06. The lowest BCUT2D eigenvalue weighted by Crippen LogP contribution is -2.09. The van der Waals surface area contributed by atoms with Gasteiger partial charge in [-0.3, -0.25) is 9.67 Å². The van der Waals surface area contributed by atoms with Gasteiger partial charge < -0.3 is 0 Å². The first-order chi connectivity index (χ1) is 17.2. The van der Waals surface area contributed by atoms with Crippen LogP contribution in [0.25, 0.3) is 22.4 Å². The van der Waals surface area contributed by atoms with Gasteiger partial charge in [-0.1, -0.05) is 45.4 Å². The molecule has 0 aliphatic rings. The van der Waals surface area contributed by atoms with Crippen LogP contribution in [0.5, 0.6) is 0 Å². The number of allylic oxidation sites excluding steroid dienone is 5. The number of halogens is 4. The minimum Gasteiger partial charge on any atom is -0.269 e. The van der Waals surface area contributed by atoms with E-state index in [9.17, 15) is 17.6 Å². The van der Waals surface area contributed by atoms with Crippen LogP contribution in [0.2, 0.25) is 0 Å². The number of alkyl halides is 3. The summed E-state index contributed by atoms with van der Waals surface area (Å²) in [6.07, 6.45) is 10.5. The topological polar surface area (TPSA) is 30.7 Å². The number of pyridine rings is 1. The lowest BCUT2D eigenvalue weighted by Gasteiger charge is -2.15. The van der Waals surface area contributed by atoms with Gasteiger partial charge in [0, 0.05) is 23.5 Å². The summed E-state index contributed by atoms with van der Waals surface area (Å²) in [6.45, 7) is 10.1. The van der Waals surface area contributed by atoms with Crippen LogP contribution >= 0.6 is 0 Å². The normalized spacial score (nSPS) is 12.9. The Bertz CT molecular complexity index is 1250. The molecule has 0 unspecified atom stereocenters. The zero-order valence-electron chi connectivity index (χ0n) is 20.8. The van der Waals surface area contributed by atoms with Crippen LogP contribution in [0.1, 0.15) is 69.2 Å². The molecule has 1 aromatic carbocycles. The number of benzene rings is 1. The van der Waals surface area contributed by atoms with E-state index in [2.05, 4.69) is 30.5 Å². The van der Waals surface area contributed by atoms with Crippen molar-refractivity contribution < 1.29 is 17.6 Å². The van der Waals surface area contributed by atoms with Gasteiger partial charge in [0.1, 0.15) is 5.82 Å². The smallest absolute Gasteiger partial charge is 0.269 e.